The van der Waals surface area contributed by atoms with Crippen LogP contribution in [0.2, 0.25) is 0 Å². The Morgan fingerprint density at radius 1 is 1.41 bits per heavy atom. The second kappa shape index (κ2) is 7.82. The van der Waals surface area contributed by atoms with Crippen LogP contribution in [0.3, 0.4) is 0 Å². The highest BCUT2D eigenvalue weighted by Crippen LogP contribution is 2.33. The number of hydrogen-bond donors (Lipinski definition) is 2. The van der Waals surface area contributed by atoms with Crippen molar-refractivity contribution in [1.82, 2.24) is 14.9 Å². The number of carbonyl (C=O) groups excluding carboxylic acids is 1. The topological polar surface area (TPSA) is 70.4 Å². The lowest BCUT2D eigenvalue weighted by molar-refractivity contribution is -0.118. The molecule has 6 nitrogen and oxygen atoms in total. The highest BCUT2D eigenvalue weighted by atomic mass is 16.3. The Bertz CT molecular complexity index is 799. The van der Waals surface area contributed by atoms with E-state index in [4.69, 9.17) is 0 Å². The highest BCUT2D eigenvalue weighted by molar-refractivity contribution is 5.96. The standard InChI is InChI=1S/C21H30N4O2/c1-15-9-10-16-7-5-6-8-17(16)25(15)18(27)13-23-19(21(2,3)14-26)20-22-11-12-24(20)4/h5-8,11-12,15,19,23,26H,9-10,13-14H2,1-4H3. The molecule has 1 aliphatic rings. The summed E-state index contributed by atoms with van der Waals surface area (Å²) < 4.78 is 1.93. The molecule has 2 unspecified atom stereocenters. The number of fused-ring (bicyclic) bond motifs is 1. The number of carbonyl (C=O) groups is 1. The van der Waals surface area contributed by atoms with Gasteiger partial charge < -0.3 is 14.6 Å². The van der Waals surface area contributed by atoms with E-state index < -0.39 is 5.41 Å². The van der Waals surface area contributed by atoms with E-state index in [1.807, 2.05) is 54.8 Å². The molecule has 2 N–H and O–H groups in total. The quantitative estimate of drug-likeness (QED) is 0.819. The predicted octanol–water partition coefficient (Wildman–Crippen LogP) is 2.44. The van der Waals surface area contributed by atoms with Gasteiger partial charge in [0.2, 0.25) is 5.91 Å². The normalized spacial score (nSPS) is 18.3. The number of hydrogen-bond acceptors (Lipinski definition) is 4. The smallest absolute Gasteiger partial charge is 0.241 e. The molecule has 1 aromatic heterocycles. The van der Waals surface area contributed by atoms with Gasteiger partial charge in [0.05, 0.1) is 19.2 Å². The van der Waals surface area contributed by atoms with E-state index >= 15 is 0 Å². The first-order valence-electron chi connectivity index (χ1n) is 9.56. The number of nitrogens with one attached hydrogen (secondary N) is 1. The molecule has 0 saturated heterocycles. The molecule has 0 saturated carbocycles. The van der Waals surface area contributed by atoms with Crippen molar-refractivity contribution in [3.05, 3.63) is 48.0 Å². The number of anilines is 1. The number of benzene rings is 1. The summed E-state index contributed by atoms with van der Waals surface area (Å²) in [6, 6.07) is 8.07. The Balaban J connectivity index is 1.80. The van der Waals surface area contributed by atoms with Crippen LogP contribution >= 0.6 is 0 Å². The molecule has 27 heavy (non-hydrogen) atoms. The first-order valence-corrected chi connectivity index (χ1v) is 9.56. The van der Waals surface area contributed by atoms with Crippen molar-refractivity contribution in [2.45, 2.75) is 45.7 Å². The Labute approximate surface area is 161 Å². The summed E-state index contributed by atoms with van der Waals surface area (Å²) in [4.78, 5) is 19.5. The van der Waals surface area contributed by atoms with Crippen LogP contribution < -0.4 is 10.2 Å². The number of amides is 1. The number of aliphatic hydroxyl groups excluding tert-OH is 1. The summed E-state index contributed by atoms with van der Waals surface area (Å²) in [5.74, 6) is 0.858. The largest absolute Gasteiger partial charge is 0.396 e. The highest BCUT2D eigenvalue weighted by Gasteiger charge is 2.34. The second-order valence-electron chi connectivity index (χ2n) is 8.14. The van der Waals surface area contributed by atoms with Gasteiger partial charge >= 0.3 is 0 Å². The first-order chi connectivity index (χ1) is 12.8. The van der Waals surface area contributed by atoms with E-state index in [1.54, 1.807) is 6.20 Å². The molecular formula is C21H30N4O2. The summed E-state index contributed by atoms with van der Waals surface area (Å²) in [5, 5.41) is 13.2. The van der Waals surface area contributed by atoms with E-state index in [0.29, 0.717) is 0 Å². The maximum absolute atomic E-state index is 13.1. The van der Waals surface area contributed by atoms with E-state index in [2.05, 4.69) is 23.3 Å². The van der Waals surface area contributed by atoms with Crippen LogP contribution in [0.1, 0.15) is 44.6 Å². The van der Waals surface area contributed by atoms with E-state index in [1.165, 1.54) is 5.56 Å². The van der Waals surface area contributed by atoms with Gasteiger partial charge in [-0.3, -0.25) is 10.1 Å². The summed E-state index contributed by atoms with van der Waals surface area (Å²) in [6.07, 6.45) is 5.58. The molecule has 6 heteroatoms. The monoisotopic (exact) mass is 370 g/mol. The maximum atomic E-state index is 13.1. The zero-order chi connectivity index (χ0) is 19.6. The van der Waals surface area contributed by atoms with Crippen LogP contribution in [0.25, 0.3) is 0 Å². The van der Waals surface area contributed by atoms with Crippen LogP contribution in [0.4, 0.5) is 5.69 Å². The van der Waals surface area contributed by atoms with Crippen LogP contribution in [0, 0.1) is 5.41 Å². The van der Waals surface area contributed by atoms with E-state index in [0.717, 1.165) is 24.4 Å². The van der Waals surface area contributed by atoms with Crippen molar-refractivity contribution in [2.24, 2.45) is 12.5 Å². The van der Waals surface area contributed by atoms with Gasteiger partial charge in [-0.25, -0.2) is 4.98 Å². The molecule has 1 amide bonds. The number of aliphatic hydroxyl groups is 1. The van der Waals surface area contributed by atoms with Gasteiger partial charge in [0, 0.05) is 36.6 Å². The second-order valence-corrected chi connectivity index (χ2v) is 8.14. The Morgan fingerprint density at radius 2 is 2.15 bits per heavy atom. The van der Waals surface area contributed by atoms with Crippen LogP contribution in [-0.4, -0.2) is 39.8 Å². The van der Waals surface area contributed by atoms with Gasteiger partial charge in [0.25, 0.3) is 0 Å². The SMILES string of the molecule is CC1CCc2ccccc2N1C(=O)CNC(c1nccn1C)C(C)(C)CO. The fraction of sp³-hybridized carbons (Fsp3) is 0.524. The van der Waals surface area contributed by atoms with Crippen molar-refractivity contribution in [3.63, 3.8) is 0 Å². The Hall–Kier alpha value is -2.18. The summed E-state index contributed by atoms with van der Waals surface area (Å²) in [7, 11) is 1.93. The summed E-state index contributed by atoms with van der Waals surface area (Å²) in [6.45, 7) is 6.24. The summed E-state index contributed by atoms with van der Waals surface area (Å²) >= 11 is 0. The van der Waals surface area contributed by atoms with Crippen molar-refractivity contribution in [1.29, 1.82) is 0 Å². The first kappa shape index (κ1) is 19.6. The molecule has 0 spiro atoms. The van der Waals surface area contributed by atoms with Crippen molar-refractivity contribution < 1.29 is 9.90 Å². The fourth-order valence-electron chi connectivity index (χ4n) is 3.81. The fourth-order valence-corrected chi connectivity index (χ4v) is 3.81. The van der Waals surface area contributed by atoms with Gasteiger partial charge in [0.15, 0.2) is 0 Å². The molecule has 2 aromatic rings. The zero-order valence-electron chi connectivity index (χ0n) is 16.6. The Kier molecular flexibility index (Phi) is 5.67. The number of aromatic nitrogens is 2. The minimum absolute atomic E-state index is 0.00529. The lowest BCUT2D eigenvalue weighted by Crippen LogP contribution is -2.48. The molecule has 0 aliphatic carbocycles. The average molecular weight is 370 g/mol. The molecule has 0 fully saturated rings. The molecule has 3 rings (SSSR count). The van der Waals surface area contributed by atoms with Gasteiger partial charge in [-0.15, -0.1) is 0 Å². The molecular weight excluding hydrogens is 340 g/mol. The van der Waals surface area contributed by atoms with Crippen molar-refractivity contribution >= 4 is 11.6 Å². The maximum Gasteiger partial charge on any atom is 0.241 e. The Morgan fingerprint density at radius 3 is 2.81 bits per heavy atom. The van der Waals surface area contributed by atoms with E-state index in [9.17, 15) is 9.90 Å². The van der Waals surface area contributed by atoms with Crippen LogP contribution in [0.15, 0.2) is 36.7 Å². The summed E-state index contributed by atoms with van der Waals surface area (Å²) in [5.41, 5.74) is 1.78. The number of nitrogens with zero attached hydrogens (tertiary/aromatic N) is 3. The van der Waals surface area contributed by atoms with Crippen LogP contribution in [-0.2, 0) is 18.3 Å². The molecule has 2 atom stereocenters. The van der Waals surface area contributed by atoms with E-state index in [-0.39, 0.29) is 31.1 Å². The molecule has 146 valence electrons. The van der Waals surface area contributed by atoms with Gasteiger partial charge in [-0.2, -0.15) is 0 Å². The minimum Gasteiger partial charge on any atom is -0.396 e. The van der Waals surface area contributed by atoms with Gasteiger partial charge in [-0.1, -0.05) is 32.0 Å². The van der Waals surface area contributed by atoms with Gasteiger partial charge in [0.1, 0.15) is 5.82 Å². The third kappa shape index (κ3) is 3.92. The predicted molar refractivity (Wildman–Crippen MR) is 107 cm³/mol. The molecule has 1 aromatic carbocycles. The third-order valence-corrected chi connectivity index (χ3v) is 5.56. The lowest BCUT2D eigenvalue weighted by atomic mass is 9.84. The lowest BCUT2D eigenvalue weighted by Gasteiger charge is -2.37. The number of aryl methyl sites for hydroxylation is 2. The third-order valence-electron chi connectivity index (χ3n) is 5.56. The molecule has 1 aliphatic heterocycles. The van der Waals surface area contributed by atoms with Crippen molar-refractivity contribution in [3.8, 4) is 0 Å². The van der Waals surface area contributed by atoms with Crippen molar-refractivity contribution in [2.75, 3.05) is 18.1 Å². The number of para-hydroxylation sites is 1. The number of imidazole rings is 1. The van der Waals surface area contributed by atoms with Gasteiger partial charge in [-0.05, 0) is 31.4 Å². The zero-order valence-corrected chi connectivity index (χ0v) is 16.6. The minimum atomic E-state index is -0.454. The molecule has 0 bridgehead atoms. The van der Waals surface area contributed by atoms with Crippen LogP contribution in [0.5, 0.6) is 0 Å². The number of rotatable bonds is 6. The molecule has 2 heterocycles. The average Bonchev–Trinajstić information content (AvgIpc) is 3.07. The molecule has 0 radical (unpaired) electrons.